The minimum Gasteiger partial charge on any atom is -0.390 e. The lowest BCUT2D eigenvalue weighted by Crippen LogP contribution is -2.45. The van der Waals surface area contributed by atoms with Gasteiger partial charge in [0.15, 0.2) is 0 Å². The summed E-state index contributed by atoms with van der Waals surface area (Å²) in [7, 11) is 4.29. The average molecular weight is 237 g/mol. The molecule has 1 N–H and O–H groups in total. The zero-order chi connectivity index (χ0) is 12.6. The highest BCUT2D eigenvalue weighted by atomic mass is 16.3. The van der Waals surface area contributed by atoms with Crippen LogP contribution in [0.5, 0.6) is 0 Å². The van der Waals surface area contributed by atoms with E-state index in [2.05, 4.69) is 45.0 Å². The van der Waals surface area contributed by atoms with Crippen molar-refractivity contribution in [1.29, 1.82) is 0 Å². The van der Waals surface area contributed by atoms with Crippen molar-refractivity contribution in [2.45, 2.75) is 38.7 Å². The number of rotatable bonds is 5. The molecule has 1 fully saturated rings. The number of hydrogen-bond acceptors (Lipinski definition) is 2. The number of nitrogens with zero attached hydrogens (tertiary/aromatic N) is 1. The highest BCUT2D eigenvalue weighted by Crippen LogP contribution is 2.53. The summed E-state index contributed by atoms with van der Waals surface area (Å²) in [6.07, 6.45) is 7.79. The zero-order valence-electron chi connectivity index (χ0n) is 11.7. The molecule has 1 saturated carbocycles. The zero-order valence-corrected chi connectivity index (χ0v) is 11.7. The van der Waals surface area contributed by atoms with Gasteiger partial charge in [-0.05, 0) is 57.0 Å². The second-order valence-electron chi connectivity index (χ2n) is 6.21. The van der Waals surface area contributed by atoms with Gasteiger partial charge in [-0.15, -0.1) is 0 Å². The Morgan fingerprint density at radius 3 is 2.29 bits per heavy atom. The van der Waals surface area contributed by atoms with E-state index in [1.807, 2.05) is 0 Å². The molecular weight excluding hydrogens is 210 g/mol. The van der Waals surface area contributed by atoms with Crippen molar-refractivity contribution in [3.63, 3.8) is 0 Å². The first-order valence-electron chi connectivity index (χ1n) is 7.07. The molecule has 0 aromatic rings. The third-order valence-electron chi connectivity index (χ3n) is 5.04. The Morgan fingerprint density at radius 1 is 1.18 bits per heavy atom. The molecule has 0 radical (unpaired) electrons. The molecule has 4 atom stereocenters. The maximum absolute atomic E-state index is 10.9. The summed E-state index contributed by atoms with van der Waals surface area (Å²) in [5.74, 6) is 2.44. The van der Waals surface area contributed by atoms with Gasteiger partial charge in [-0.1, -0.05) is 26.0 Å². The van der Waals surface area contributed by atoms with Crippen molar-refractivity contribution < 1.29 is 5.11 Å². The lowest BCUT2D eigenvalue weighted by Gasteiger charge is -2.41. The molecule has 2 aliphatic carbocycles. The van der Waals surface area contributed by atoms with E-state index in [-0.39, 0.29) is 0 Å². The first-order chi connectivity index (χ1) is 8.01. The van der Waals surface area contributed by atoms with Crippen molar-refractivity contribution in [3.8, 4) is 0 Å². The third kappa shape index (κ3) is 2.17. The van der Waals surface area contributed by atoms with Gasteiger partial charge in [0.1, 0.15) is 0 Å². The fraction of sp³-hybridized carbons (Fsp3) is 0.867. The van der Waals surface area contributed by atoms with Crippen LogP contribution in [-0.2, 0) is 0 Å². The van der Waals surface area contributed by atoms with Crippen LogP contribution in [0.15, 0.2) is 12.2 Å². The van der Waals surface area contributed by atoms with Gasteiger partial charge < -0.3 is 10.0 Å². The van der Waals surface area contributed by atoms with E-state index in [9.17, 15) is 5.11 Å². The first kappa shape index (κ1) is 13.1. The van der Waals surface area contributed by atoms with E-state index < -0.39 is 5.60 Å². The van der Waals surface area contributed by atoms with E-state index in [1.165, 1.54) is 6.42 Å². The molecule has 2 aliphatic rings. The summed E-state index contributed by atoms with van der Waals surface area (Å²) in [6.45, 7) is 5.37. The first-order valence-corrected chi connectivity index (χ1v) is 7.07. The Morgan fingerprint density at radius 2 is 1.76 bits per heavy atom. The minimum atomic E-state index is -0.454. The molecule has 2 nitrogen and oxygen atoms in total. The molecule has 17 heavy (non-hydrogen) atoms. The van der Waals surface area contributed by atoms with Crippen LogP contribution in [0.25, 0.3) is 0 Å². The van der Waals surface area contributed by atoms with Crippen LogP contribution in [0.4, 0.5) is 0 Å². The van der Waals surface area contributed by atoms with Gasteiger partial charge in [0, 0.05) is 6.54 Å². The molecule has 2 rings (SSSR count). The van der Waals surface area contributed by atoms with Crippen LogP contribution in [0.2, 0.25) is 0 Å². The number of allylic oxidation sites excluding steroid dienone is 2. The number of aliphatic hydroxyl groups is 1. The molecule has 0 heterocycles. The van der Waals surface area contributed by atoms with Crippen LogP contribution >= 0.6 is 0 Å². The molecule has 0 unspecified atom stereocenters. The van der Waals surface area contributed by atoms with Crippen LogP contribution in [0, 0.1) is 23.7 Å². The monoisotopic (exact) mass is 237 g/mol. The molecule has 0 aromatic heterocycles. The Kier molecular flexibility index (Phi) is 3.65. The van der Waals surface area contributed by atoms with Gasteiger partial charge in [-0.2, -0.15) is 0 Å². The molecule has 98 valence electrons. The number of fused-ring (bicyclic) bond motifs is 2. The van der Waals surface area contributed by atoms with Gasteiger partial charge in [-0.25, -0.2) is 0 Å². The fourth-order valence-corrected chi connectivity index (χ4v) is 4.11. The minimum absolute atomic E-state index is 0.454. The summed E-state index contributed by atoms with van der Waals surface area (Å²) in [4.78, 5) is 2.28. The Bertz CT molecular complexity index is 293. The van der Waals surface area contributed by atoms with E-state index in [4.69, 9.17) is 0 Å². The summed E-state index contributed by atoms with van der Waals surface area (Å²) >= 11 is 0. The molecule has 0 spiro atoms. The third-order valence-corrected chi connectivity index (χ3v) is 5.04. The van der Waals surface area contributed by atoms with Crippen LogP contribution in [0.3, 0.4) is 0 Å². The normalized spacial score (nSPS) is 36.1. The van der Waals surface area contributed by atoms with Crippen LogP contribution in [-0.4, -0.2) is 36.2 Å². The molecular formula is C15H27NO. The highest BCUT2D eigenvalue weighted by molar-refractivity contribution is 5.17. The molecule has 0 saturated heterocycles. The van der Waals surface area contributed by atoms with Gasteiger partial charge in [0.2, 0.25) is 0 Å². The molecule has 0 amide bonds. The molecule has 2 bridgehead atoms. The second kappa shape index (κ2) is 4.74. The summed E-state index contributed by atoms with van der Waals surface area (Å²) in [6, 6.07) is 0. The van der Waals surface area contributed by atoms with Gasteiger partial charge >= 0.3 is 0 Å². The highest BCUT2D eigenvalue weighted by Gasteiger charge is 2.52. The quantitative estimate of drug-likeness (QED) is 0.743. The molecule has 2 heteroatoms. The largest absolute Gasteiger partial charge is 0.390 e. The van der Waals surface area contributed by atoms with E-state index in [1.54, 1.807) is 0 Å². The lowest BCUT2D eigenvalue weighted by molar-refractivity contribution is -0.0583. The summed E-state index contributed by atoms with van der Waals surface area (Å²) in [5.41, 5.74) is -0.454. The van der Waals surface area contributed by atoms with Gasteiger partial charge in [0.25, 0.3) is 0 Å². The standard InChI is InChI=1S/C15H27NO/c1-5-15(17,6-2)14-12-8-7-11(9-12)13(14)10-16(3)4/h7-8,11-14,17H,5-6,9-10H2,1-4H3/t11-,12+,13-,14+/m0/s1. The summed E-state index contributed by atoms with van der Waals surface area (Å²) in [5, 5.41) is 10.9. The predicted octanol–water partition coefficient (Wildman–Crippen LogP) is 2.54. The van der Waals surface area contributed by atoms with E-state index in [0.29, 0.717) is 23.7 Å². The maximum atomic E-state index is 10.9. The van der Waals surface area contributed by atoms with Crippen molar-refractivity contribution in [1.82, 2.24) is 4.90 Å². The topological polar surface area (TPSA) is 23.5 Å². The smallest absolute Gasteiger partial charge is 0.0679 e. The van der Waals surface area contributed by atoms with Gasteiger partial charge in [-0.3, -0.25) is 0 Å². The maximum Gasteiger partial charge on any atom is 0.0679 e. The fourth-order valence-electron chi connectivity index (χ4n) is 4.11. The van der Waals surface area contributed by atoms with E-state index >= 15 is 0 Å². The number of hydrogen-bond donors (Lipinski definition) is 1. The molecule has 0 aliphatic heterocycles. The summed E-state index contributed by atoms with van der Waals surface area (Å²) < 4.78 is 0. The molecule has 0 aromatic carbocycles. The lowest BCUT2D eigenvalue weighted by atomic mass is 9.70. The Hall–Kier alpha value is -0.340. The van der Waals surface area contributed by atoms with E-state index in [0.717, 1.165) is 19.4 Å². The SMILES string of the molecule is CCC(O)(CC)[C@H]1[C@@H](CN(C)C)[C@H]2C=C[C@@H]1C2. The Balaban J connectivity index is 2.21. The van der Waals surface area contributed by atoms with Gasteiger partial charge in [0.05, 0.1) is 5.60 Å². The van der Waals surface area contributed by atoms with Crippen molar-refractivity contribution in [3.05, 3.63) is 12.2 Å². The predicted molar refractivity (Wildman–Crippen MR) is 71.8 cm³/mol. The second-order valence-corrected chi connectivity index (χ2v) is 6.21. The average Bonchev–Trinajstić information content (AvgIpc) is 2.88. The van der Waals surface area contributed by atoms with Crippen molar-refractivity contribution >= 4 is 0 Å². The van der Waals surface area contributed by atoms with Crippen molar-refractivity contribution in [2.75, 3.05) is 20.6 Å². The van der Waals surface area contributed by atoms with Crippen LogP contribution < -0.4 is 0 Å². The van der Waals surface area contributed by atoms with Crippen LogP contribution in [0.1, 0.15) is 33.1 Å². The van der Waals surface area contributed by atoms with Crippen molar-refractivity contribution in [2.24, 2.45) is 23.7 Å². The Labute approximate surface area is 106 Å².